The summed E-state index contributed by atoms with van der Waals surface area (Å²) in [6, 6.07) is 2.12. The molecule has 0 N–H and O–H groups in total. The van der Waals surface area contributed by atoms with Crippen molar-refractivity contribution in [3.8, 4) is 0 Å². The first-order chi connectivity index (χ1) is 9.43. The minimum absolute atomic E-state index is 0.105. The number of halogens is 3. The third-order valence-electron chi connectivity index (χ3n) is 3.52. The number of amides is 1. The van der Waals surface area contributed by atoms with Crippen LogP contribution in [0.3, 0.4) is 0 Å². The van der Waals surface area contributed by atoms with Gasteiger partial charge in [-0.15, -0.1) is 0 Å². The highest BCUT2D eigenvalue weighted by molar-refractivity contribution is 9.10. The zero-order chi connectivity index (χ0) is 14.9. The minimum Gasteiger partial charge on any atom is -0.337 e. The van der Waals surface area contributed by atoms with Crippen LogP contribution in [0, 0.1) is 17.6 Å². The lowest BCUT2D eigenvalue weighted by Crippen LogP contribution is -2.44. The van der Waals surface area contributed by atoms with Gasteiger partial charge in [-0.2, -0.15) is 0 Å². The van der Waals surface area contributed by atoms with Crippen molar-refractivity contribution < 1.29 is 18.4 Å². The quantitative estimate of drug-likeness (QED) is 0.825. The number of hydrogen-bond donors (Lipinski definition) is 0. The summed E-state index contributed by atoms with van der Waals surface area (Å²) in [6.07, 6.45) is 0.859. The molecule has 6 heteroatoms. The van der Waals surface area contributed by atoms with E-state index < -0.39 is 23.1 Å². The van der Waals surface area contributed by atoms with E-state index in [0.717, 1.165) is 12.1 Å². The molecule has 0 spiro atoms. The van der Waals surface area contributed by atoms with Crippen LogP contribution >= 0.6 is 15.9 Å². The molecule has 1 unspecified atom stereocenters. The predicted molar refractivity (Wildman–Crippen MR) is 73.4 cm³/mol. The highest BCUT2D eigenvalue weighted by Crippen LogP contribution is 2.23. The number of carbonyl (C=O) groups excluding carboxylic acids is 2. The van der Waals surface area contributed by atoms with Gasteiger partial charge in [0.15, 0.2) is 0 Å². The maximum atomic E-state index is 13.8. The molecule has 0 aromatic heterocycles. The van der Waals surface area contributed by atoms with Crippen LogP contribution in [-0.4, -0.2) is 29.7 Å². The summed E-state index contributed by atoms with van der Waals surface area (Å²) in [5.41, 5.74) is -0.558. The van der Waals surface area contributed by atoms with Gasteiger partial charge in [0.25, 0.3) is 5.91 Å². The van der Waals surface area contributed by atoms with Gasteiger partial charge in [0.2, 0.25) is 0 Å². The third kappa shape index (κ3) is 2.90. The average molecular weight is 346 g/mol. The summed E-state index contributed by atoms with van der Waals surface area (Å²) in [5.74, 6) is -2.63. The first-order valence-electron chi connectivity index (χ1n) is 6.40. The van der Waals surface area contributed by atoms with Crippen LogP contribution < -0.4 is 0 Å². The van der Waals surface area contributed by atoms with Crippen molar-refractivity contribution in [2.45, 2.75) is 19.8 Å². The van der Waals surface area contributed by atoms with Gasteiger partial charge in [-0.25, -0.2) is 8.78 Å². The number of nitrogens with zero attached hydrogens (tertiary/aromatic N) is 1. The number of ketones is 1. The van der Waals surface area contributed by atoms with Gasteiger partial charge in [0, 0.05) is 29.9 Å². The molecule has 1 saturated heterocycles. The van der Waals surface area contributed by atoms with Crippen LogP contribution in [0.2, 0.25) is 0 Å². The van der Waals surface area contributed by atoms with E-state index in [4.69, 9.17) is 0 Å². The Morgan fingerprint density at radius 1 is 1.40 bits per heavy atom. The maximum Gasteiger partial charge on any atom is 0.259 e. The molecule has 108 valence electrons. The van der Waals surface area contributed by atoms with E-state index in [9.17, 15) is 18.4 Å². The Labute approximate surface area is 124 Å². The van der Waals surface area contributed by atoms with Crippen molar-refractivity contribution in [3.05, 3.63) is 33.8 Å². The lowest BCUT2D eigenvalue weighted by molar-refractivity contribution is -0.125. The molecule has 1 aliphatic heterocycles. The van der Waals surface area contributed by atoms with Gasteiger partial charge in [-0.1, -0.05) is 22.9 Å². The second kappa shape index (κ2) is 5.99. The maximum absolute atomic E-state index is 13.8. The van der Waals surface area contributed by atoms with Gasteiger partial charge in [-0.3, -0.25) is 9.59 Å². The Morgan fingerprint density at radius 2 is 2.00 bits per heavy atom. The fourth-order valence-electron chi connectivity index (χ4n) is 2.35. The van der Waals surface area contributed by atoms with Crippen LogP contribution in [-0.2, 0) is 4.79 Å². The molecule has 1 aromatic rings. The summed E-state index contributed by atoms with van der Waals surface area (Å²) in [6.45, 7) is 2.30. The Bertz CT molecular complexity index is 539. The van der Waals surface area contributed by atoms with Gasteiger partial charge in [-0.05, 0) is 18.6 Å². The molecule has 1 aliphatic rings. The fraction of sp³-hybridized carbons (Fsp3) is 0.429. The first kappa shape index (κ1) is 15.1. The Morgan fingerprint density at radius 3 is 2.55 bits per heavy atom. The number of likely N-dealkylation sites (tertiary alicyclic amines) is 1. The van der Waals surface area contributed by atoms with Crippen molar-refractivity contribution in [3.63, 3.8) is 0 Å². The van der Waals surface area contributed by atoms with Gasteiger partial charge in [0.1, 0.15) is 23.0 Å². The number of carbonyl (C=O) groups is 2. The number of hydrogen-bond acceptors (Lipinski definition) is 2. The molecule has 0 bridgehead atoms. The normalized spacial score (nSPS) is 19.3. The van der Waals surface area contributed by atoms with E-state index in [1.165, 1.54) is 4.90 Å². The van der Waals surface area contributed by atoms with E-state index in [1.54, 1.807) is 0 Å². The summed E-state index contributed by atoms with van der Waals surface area (Å²) >= 11 is 2.97. The number of benzene rings is 1. The highest BCUT2D eigenvalue weighted by Gasteiger charge is 2.31. The van der Waals surface area contributed by atoms with Crippen molar-refractivity contribution in [1.29, 1.82) is 0 Å². The van der Waals surface area contributed by atoms with Crippen molar-refractivity contribution in [2.24, 2.45) is 5.92 Å². The van der Waals surface area contributed by atoms with Crippen LogP contribution in [0.4, 0.5) is 8.78 Å². The molecular weight excluding hydrogens is 332 g/mol. The lowest BCUT2D eigenvalue weighted by Gasteiger charge is -2.31. The summed E-state index contributed by atoms with van der Waals surface area (Å²) < 4.78 is 27.8. The van der Waals surface area contributed by atoms with Crippen LogP contribution in [0.15, 0.2) is 16.6 Å². The summed E-state index contributed by atoms with van der Waals surface area (Å²) in [4.78, 5) is 25.2. The SMILES string of the molecule is CCC1CN(C(=O)c2c(F)cc(Br)cc2F)CCC1=O. The van der Waals surface area contributed by atoms with E-state index in [0.29, 0.717) is 6.42 Å². The monoisotopic (exact) mass is 345 g/mol. The molecule has 1 amide bonds. The highest BCUT2D eigenvalue weighted by atomic mass is 79.9. The van der Waals surface area contributed by atoms with E-state index >= 15 is 0 Å². The Kier molecular flexibility index (Phi) is 4.52. The molecular formula is C14H14BrF2NO2. The van der Waals surface area contributed by atoms with Crippen LogP contribution in [0.1, 0.15) is 30.1 Å². The Hall–Kier alpha value is -1.30. The molecule has 0 radical (unpaired) electrons. The largest absolute Gasteiger partial charge is 0.337 e. The number of rotatable bonds is 2. The molecule has 0 aliphatic carbocycles. The second-order valence-electron chi connectivity index (χ2n) is 4.82. The molecule has 0 saturated carbocycles. The van der Waals surface area contributed by atoms with Crippen molar-refractivity contribution >= 4 is 27.6 Å². The average Bonchev–Trinajstić information content (AvgIpc) is 2.37. The molecule has 1 atom stereocenters. The number of piperidine rings is 1. The zero-order valence-electron chi connectivity index (χ0n) is 11.0. The third-order valence-corrected chi connectivity index (χ3v) is 3.98. The van der Waals surface area contributed by atoms with E-state index in [2.05, 4.69) is 15.9 Å². The summed E-state index contributed by atoms with van der Waals surface area (Å²) in [5, 5.41) is 0. The lowest BCUT2D eigenvalue weighted by atomic mass is 9.93. The first-order valence-corrected chi connectivity index (χ1v) is 7.19. The van der Waals surface area contributed by atoms with Crippen LogP contribution in [0.5, 0.6) is 0 Å². The predicted octanol–water partition coefficient (Wildman–Crippen LogP) is 3.17. The molecule has 3 nitrogen and oxygen atoms in total. The second-order valence-corrected chi connectivity index (χ2v) is 5.73. The summed E-state index contributed by atoms with van der Waals surface area (Å²) in [7, 11) is 0. The Balaban J connectivity index is 2.26. The topological polar surface area (TPSA) is 37.4 Å². The standard InChI is InChI=1S/C14H14BrF2NO2/c1-2-8-7-18(4-3-12(8)19)14(20)13-10(16)5-9(15)6-11(13)17/h5-6,8H,2-4,7H2,1H3. The van der Waals surface area contributed by atoms with Crippen LogP contribution in [0.25, 0.3) is 0 Å². The minimum atomic E-state index is -0.896. The van der Waals surface area contributed by atoms with E-state index in [-0.39, 0.29) is 35.7 Å². The molecule has 2 rings (SSSR count). The smallest absolute Gasteiger partial charge is 0.259 e. The van der Waals surface area contributed by atoms with Crippen molar-refractivity contribution in [2.75, 3.05) is 13.1 Å². The fourth-order valence-corrected chi connectivity index (χ4v) is 2.76. The van der Waals surface area contributed by atoms with Gasteiger partial charge < -0.3 is 4.90 Å². The molecule has 1 heterocycles. The molecule has 1 aromatic carbocycles. The number of Topliss-reactive ketones (excluding diaryl/α,β-unsaturated/α-hetero) is 1. The van der Waals surface area contributed by atoms with Gasteiger partial charge in [0.05, 0.1) is 0 Å². The zero-order valence-corrected chi connectivity index (χ0v) is 12.5. The molecule has 20 heavy (non-hydrogen) atoms. The van der Waals surface area contributed by atoms with Crippen molar-refractivity contribution in [1.82, 2.24) is 4.90 Å². The van der Waals surface area contributed by atoms with Gasteiger partial charge >= 0.3 is 0 Å². The molecule has 1 fully saturated rings. The van der Waals surface area contributed by atoms with E-state index in [1.807, 2.05) is 6.92 Å².